The molecule has 6 atom stereocenters. The summed E-state index contributed by atoms with van der Waals surface area (Å²) in [6, 6.07) is 11.6. The molecule has 0 aromatic heterocycles. The van der Waals surface area contributed by atoms with E-state index in [0.717, 1.165) is 6.92 Å². The molecule has 0 amide bonds. The van der Waals surface area contributed by atoms with Crippen molar-refractivity contribution in [3.63, 3.8) is 0 Å². The molecule has 3 aliphatic carbocycles. The van der Waals surface area contributed by atoms with Crippen LogP contribution in [0.25, 0.3) is 0 Å². The summed E-state index contributed by atoms with van der Waals surface area (Å²) in [7, 11) is -3.90. The molecule has 6 N–H and O–H groups in total. The predicted molar refractivity (Wildman–Crippen MR) is 162 cm³/mol. The molecule has 3 aliphatic rings. The molecule has 0 heterocycles. The van der Waals surface area contributed by atoms with Crippen molar-refractivity contribution in [1.29, 1.82) is 0 Å². The fourth-order valence-corrected chi connectivity index (χ4v) is 8.82. The maximum atomic E-state index is 14.1. The predicted octanol–water partition coefficient (Wildman–Crippen LogP) is 4.59. The van der Waals surface area contributed by atoms with Crippen molar-refractivity contribution in [2.75, 3.05) is 18.5 Å². The Morgan fingerprint density at radius 3 is 2.27 bits per heavy atom. The minimum atomic E-state index is -3.90. The molecule has 45 heavy (non-hydrogen) atoms. The third-order valence-corrected chi connectivity index (χ3v) is 11.2. The second kappa shape index (κ2) is 11.9. The number of phenols is 1. The van der Waals surface area contributed by atoms with Crippen LogP contribution in [0.4, 0.5) is 5.69 Å². The quantitative estimate of drug-likeness (QED) is 0.127. The zero-order valence-electron chi connectivity index (χ0n) is 25.2. The van der Waals surface area contributed by atoms with Crippen LogP contribution in [0.15, 0.2) is 65.1 Å². The number of phenolic OH excluding ortho intramolecular Hbond substituents is 1. The Hall–Kier alpha value is -3.80. The van der Waals surface area contributed by atoms with Gasteiger partial charge in [-0.05, 0) is 43.9 Å². The minimum absolute atomic E-state index is 0.0188. The van der Waals surface area contributed by atoms with Crippen LogP contribution in [0.5, 0.6) is 5.75 Å². The Labute approximate surface area is 259 Å². The number of fused-ring (bicyclic) bond motifs is 3. The SMILES string of the molecule is CCOP(=O)(OCC)C(Nc1ccc2c(c1O)C(=O)C1=C(O)C3(O)C(=O)C(C(C)=O)=C(O)CC3C(O)C1C2C)c1ccccc1. The van der Waals surface area contributed by atoms with Gasteiger partial charge in [0.05, 0.1) is 30.6 Å². The van der Waals surface area contributed by atoms with Gasteiger partial charge in [-0.2, -0.15) is 0 Å². The summed E-state index contributed by atoms with van der Waals surface area (Å²) in [5, 5.41) is 59.5. The lowest BCUT2D eigenvalue weighted by molar-refractivity contribution is -0.154. The second-order valence-corrected chi connectivity index (χ2v) is 13.6. The fraction of sp³-hybridized carbons (Fsp3) is 0.406. The van der Waals surface area contributed by atoms with Gasteiger partial charge in [0.1, 0.15) is 22.8 Å². The molecule has 0 aliphatic heterocycles. The summed E-state index contributed by atoms with van der Waals surface area (Å²) >= 11 is 0. The van der Waals surface area contributed by atoms with Crippen molar-refractivity contribution in [3.8, 4) is 5.75 Å². The summed E-state index contributed by atoms with van der Waals surface area (Å²) in [5.41, 5.74) is -3.53. The lowest BCUT2D eigenvalue weighted by Crippen LogP contribution is -2.62. The average molecular weight is 642 g/mol. The first kappa shape index (κ1) is 32.6. The van der Waals surface area contributed by atoms with Gasteiger partial charge in [-0.15, -0.1) is 0 Å². The number of ketones is 3. The summed E-state index contributed by atoms with van der Waals surface area (Å²) in [6.45, 7) is 6.10. The lowest BCUT2D eigenvalue weighted by atomic mass is 9.56. The molecule has 6 unspecified atom stereocenters. The van der Waals surface area contributed by atoms with Crippen molar-refractivity contribution >= 4 is 30.6 Å². The number of hydrogen-bond acceptors (Lipinski definition) is 12. The molecule has 13 heteroatoms. The average Bonchev–Trinajstić information content (AvgIpc) is 2.99. The van der Waals surface area contributed by atoms with E-state index in [-0.39, 0.29) is 24.5 Å². The highest BCUT2D eigenvalue weighted by molar-refractivity contribution is 7.54. The molecule has 0 fully saturated rings. The van der Waals surface area contributed by atoms with Gasteiger partial charge in [0.2, 0.25) is 5.78 Å². The largest absolute Gasteiger partial charge is 0.511 e. The molecule has 0 saturated carbocycles. The molecular weight excluding hydrogens is 605 g/mol. The van der Waals surface area contributed by atoms with Gasteiger partial charge in [0, 0.05) is 23.8 Å². The molecule has 0 spiro atoms. The molecule has 0 saturated heterocycles. The number of allylic oxidation sites excluding steroid dienone is 1. The molecule has 0 radical (unpaired) electrons. The molecular formula is C32H36NO11P. The van der Waals surface area contributed by atoms with Gasteiger partial charge < -0.3 is 39.9 Å². The first-order chi connectivity index (χ1) is 21.2. The Balaban J connectivity index is 1.65. The molecule has 240 valence electrons. The van der Waals surface area contributed by atoms with Gasteiger partial charge in [-0.25, -0.2) is 0 Å². The number of aliphatic hydroxyl groups is 4. The standard InChI is InChI=1S/C32H36NO11P/c1-5-43-45(42,44-6-2)31(17-10-8-7-9-11-17)33-20-13-12-18-15(3)22-25(28(38)24(18)27(20)37)30(40)32(41)19(26(22)36)14-21(35)23(16(4)34)29(32)39/h7-13,15,19,22,26,31,33,35-37,40-41H,5-6,14H2,1-4H3. The maximum Gasteiger partial charge on any atom is 0.357 e. The Morgan fingerprint density at radius 2 is 1.69 bits per heavy atom. The van der Waals surface area contributed by atoms with Crippen LogP contribution in [0.2, 0.25) is 0 Å². The van der Waals surface area contributed by atoms with Crippen LogP contribution in [0, 0.1) is 11.8 Å². The van der Waals surface area contributed by atoms with Crippen LogP contribution in [0.1, 0.15) is 67.3 Å². The van der Waals surface area contributed by atoms with Crippen molar-refractivity contribution in [1.82, 2.24) is 0 Å². The van der Waals surface area contributed by atoms with E-state index < -0.39 is 95.0 Å². The van der Waals surface area contributed by atoms with Crippen LogP contribution < -0.4 is 5.32 Å². The highest BCUT2D eigenvalue weighted by Gasteiger charge is 2.64. The molecule has 2 aromatic rings. The zero-order chi connectivity index (χ0) is 33.0. The number of rotatable bonds is 9. The minimum Gasteiger partial charge on any atom is -0.511 e. The monoisotopic (exact) mass is 641 g/mol. The van der Waals surface area contributed by atoms with Crippen molar-refractivity contribution in [3.05, 3.63) is 81.8 Å². The number of carbonyl (C=O) groups excluding carboxylic acids is 3. The van der Waals surface area contributed by atoms with E-state index in [1.165, 1.54) is 6.07 Å². The summed E-state index contributed by atoms with van der Waals surface area (Å²) < 4.78 is 25.2. The molecule has 12 nitrogen and oxygen atoms in total. The number of anilines is 1. The second-order valence-electron chi connectivity index (χ2n) is 11.4. The molecule has 5 rings (SSSR count). The number of Topliss-reactive ketones (excluding diaryl/α,β-unsaturated/α-hetero) is 3. The van der Waals surface area contributed by atoms with Crippen LogP contribution >= 0.6 is 7.60 Å². The van der Waals surface area contributed by atoms with E-state index in [2.05, 4.69) is 5.32 Å². The zero-order valence-corrected chi connectivity index (χ0v) is 26.1. The first-order valence-electron chi connectivity index (χ1n) is 14.7. The summed E-state index contributed by atoms with van der Waals surface area (Å²) in [6.07, 6.45) is -2.09. The lowest BCUT2D eigenvalue weighted by Gasteiger charge is -2.50. The van der Waals surface area contributed by atoms with E-state index in [1.807, 2.05) is 0 Å². The first-order valence-corrected chi connectivity index (χ1v) is 16.3. The number of aromatic hydroxyl groups is 1. The van der Waals surface area contributed by atoms with Gasteiger partial charge in [-0.1, -0.05) is 43.3 Å². The van der Waals surface area contributed by atoms with E-state index in [9.17, 15) is 44.5 Å². The third kappa shape index (κ3) is 4.92. The van der Waals surface area contributed by atoms with Crippen LogP contribution in [-0.4, -0.2) is 67.8 Å². The molecule has 0 bridgehead atoms. The van der Waals surface area contributed by atoms with Gasteiger partial charge >= 0.3 is 7.60 Å². The van der Waals surface area contributed by atoms with E-state index in [0.29, 0.717) is 11.1 Å². The number of carbonyl (C=O) groups is 3. The Bertz CT molecular complexity index is 1670. The van der Waals surface area contributed by atoms with E-state index in [4.69, 9.17) is 9.05 Å². The highest BCUT2D eigenvalue weighted by Crippen LogP contribution is 2.62. The Kier molecular flexibility index (Phi) is 8.58. The number of benzene rings is 2. The van der Waals surface area contributed by atoms with Crippen molar-refractivity contribution < 1.29 is 53.5 Å². The summed E-state index contributed by atoms with van der Waals surface area (Å²) in [5.74, 6) is -9.78. The third-order valence-electron chi connectivity index (χ3n) is 8.95. The van der Waals surface area contributed by atoms with Gasteiger partial charge in [-0.3, -0.25) is 18.9 Å². The summed E-state index contributed by atoms with van der Waals surface area (Å²) in [4.78, 5) is 39.6. The van der Waals surface area contributed by atoms with Crippen LogP contribution in [0.3, 0.4) is 0 Å². The fourth-order valence-electron chi connectivity index (χ4n) is 6.89. The van der Waals surface area contributed by atoms with E-state index >= 15 is 0 Å². The van der Waals surface area contributed by atoms with Gasteiger partial charge in [0.25, 0.3) is 0 Å². The van der Waals surface area contributed by atoms with Gasteiger partial charge in [0.15, 0.2) is 23.0 Å². The number of aliphatic hydroxyl groups excluding tert-OH is 3. The van der Waals surface area contributed by atoms with Crippen LogP contribution in [-0.2, 0) is 23.2 Å². The molecule has 2 aromatic carbocycles. The topological polar surface area (TPSA) is 200 Å². The van der Waals surface area contributed by atoms with Crippen molar-refractivity contribution in [2.45, 2.75) is 57.5 Å². The maximum absolute atomic E-state index is 14.1. The van der Waals surface area contributed by atoms with E-state index in [1.54, 1.807) is 57.2 Å². The number of nitrogens with one attached hydrogen (secondary N) is 1. The smallest absolute Gasteiger partial charge is 0.357 e. The van der Waals surface area contributed by atoms with Crippen molar-refractivity contribution in [2.24, 2.45) is 11.8 Å². The highest BCUT2D eigenvalue weighted by atomic mass is 31.2. The normalized spacial score (nSPS) is 27.1. The Morgan fingerprint density at radius 1 is 1.07 bits per heavy atom. The number of hydrogen-bond donors (Lipinski definition) is 6.